The molecule has 1 spiro atoms. The van der Waals surface area contributed by atoms with Gasteiger partial charge in [-0.1, -0.05) is 12.8 Å². The van der Waals surface area contributed by atoms with Crippen molar-refractivity contribution in [3.05, 3.63) is 29.3 Å². The van der Waals surface area contributed by atoms with Crippen LogP contribution >= 0.6 is 0 Å². The molecule has 3 aliphatic rings. The van der Waals surface area contributed by atoms with Crippen LogP contribution in [0.5, 0.6) is 0 Å². The van der Waals surface area contributed by atoms with E-state index in [1.165, 1.54) is 9.80 Å². The van der Waals surface area contributed by atoms with Gasteiger partial charge in [-0.15, -0.1) is 0 Å². The third kappa shape index (κ3) is 5.26. The summed E-state index contributed by atoms with van der Waals surface area (Å²) in [6.45, 7) is 5.07. The highest BCUT2D eigenvalue weighted by molar-refractivity contribution is 6.09. The second-order valence-corrected chi connectivity index (χ2v) is 11.5. The summed E-state index contributed by atoms with van der Waals surface area (Å²) in [5, 5.41) is 5.50. The predicted molar refractivity (Wildman–Crippen MR) is 135 cm³/mol. The zero-order chi connectivity index (χ0) is 27.3. The van der Waals surface area contributed by atoms with Gasteiger partial charge in [-0.05, 0) is 63.3 Å². The normalized spacial score (nSPS) is 23.3. The number of primary amides is 1. The Labute approximate surface area is 216 Å². The Kier molecular flexibility index (Phi) is 6.68. The Bertz CT molecular complexity index is 1150. The summed E-state index contributed by atoms with van der Waals surface area (Å²) in [4.78, 5) is 67.5. The van der Waals surface area contributed by atoms with Crippen LogP contribution in [0.4, 0.5) is 10.5 Å². The summed E-state index contributed by atoms with van der Waals surface area (Å²) in [7, 11) is 3.26. The SMILES string of the molecule is CN(C)C(=O)c1ccc2c(c1)[C@@]1(C[C@@H](C(N)=O)N(C(=O)[C@H](CC3CC3)NC(=O)OC(C)(C)C)C1)C(=O)N2. The Hall–Kier alpha value is -3.63. The fourth-order valence-electron chi connectivity index (χ4n) is 5.11. The number of carbonyl (C=O) groups excluding carboxylic acids is 5. The maximum atomic E-state index is 13.8. The van der Waals surface area contributed by atoms with E-state index >= 15 is 0 Å². The van der Waals surface area contributed by atoms with Crippen LogP contribution < -0.4 is 16.4 Å². The molecule has 1 saturated carbocycles. The molecule has 0 unspecified atom stereocenters. The number of hydrogen-bond donors (Lipinski definition) is 3. The Morgan fingerprint density at radius 1 is 1.24 bits per heavy atom. The number of benzene rings is 1. The predicted octanol–water partition coefficient (Wildman–Crippen LogP) is 1.36. The molecule has 0 bridgehead atoms. The van der Waals surface area contributed by atoms with Gasteiger partial charge in [0.1, 0.15) is 17.7 Å². The van der Waals surface area contributed by atoms with Gasteiger partial charge in [0.15, 0.2) is 0 Å². The molecule has 37 heavy (non-hydrogen) atoms. The number of nitrogens with one attached hydrogen (secondary N) is 2. The molecule has 5 amide bonds. The number of ether oxygens (including phenoxy) is 1. The quantitative estimate of drug-likeness (QED) is 0.522. The second-order valence-electron chi connectivity index (χ2n) is 11.5. The maximum Gasteiger partial charge on any atom is 0.408 e. The number of nitrogens with two attached hydrogens (primary N) is 1. The van der Waals surface area contributed by atoms with Crippen molar-refractivity contribution >= 4 is 35.4 Å². The van der Waals surface area contributed by atoms with Gasteiger partial charge in [-0.2, -0.15) is 0 Å². The monoisotopic (exact) mass is 513 g/mol. The molecule has 2 aliphatic heterocycles. The lowest BCUT2D eigenvalue weighted by atomic mass is 9.79. The first-order valence-corrected chi connectivity index (χ1v) is 12.5. The van der Waals surface area contributed by atoms with E-state index in [2.05, 4.69) is 10.6 Å². The van der Waals surface area contributed by atoms with E-state index in [-0.39, 0.29) is 30.7 Å². The molecule has 3 atom stereocenters. The van der Waals surface area contributed by atoms with Gasteiger partial charge in [-0.3, -0.25) is 19.2 Å². The average molecular weight is 514 g/mol. The molecule has 0 aromatic heterocycles. The molecule has 1 saturated heterocycles. The third-order valence-corrected chi connectivity index (χ3v) is 7.10. The van der Waals surface area contributed by atoms with E-state index in [1.54, 1.807) is 53.1 Å². The highest BCUT2D eigenvalue weighted by Gasteiger charge is 2.58. The van der Waals surface area contributed by atoms with E-state index in [4.69, 9.17) is 10.5 Å². The number of nitrogens with zero attached hydrogens (tertiary/aromatic N) is 2. The molecule has 4 rings (SSSR count). The van der Waals surface area contributed by atoms with Crippen LogP contribution in [0.3, 0.4) is 0 Å². The summed E-state index contributed by atoms with van der Waals surface area (Å²) < 4.78 is 5.36. The van der Waals surface area contributed by atoms with Gasteiger partial charge in [0.2, 0.25) is 17.7 Å². The van der Waals surface area contributed by atoms with E-state index in [9.17, 15) is 24.0 Å². The fourth-order valence-corrected chi connectivity index (χ4v) is 5.11. The van der Waals surface area contributed by atoms with Crippen molar-refractivity contribution in [2.45, 2.75) is 69.6 Å². The lowest BCUT2D eigenvalue weighted by Crippen LogP contribution is -2.54. The highest BCUT2D eigenvalue weighted by atomic mass is 16.6. The zero-order valence-electron chi connectivity index (χ0n) is 21.9. The summed E-state index contributed by atoms with van der Waals surface area (Å²) in [6.07, 6.45) is 1.54. The second kappa shape index (κ2) is 9.35. The standard InChI is InChI=1S/C26H35N5O6/c1-25(2,3)37-24(36)29-18(10-14-6-7-14)22(34)31-13-26(12-19(31)20(27)32)16-11-15(21(33)30(4)5)8-9-17(16)28-23(26)35/h8-9,11,14,18-19H,6-7,10,12-13H2,1-5H3,(H2,27,32)(H,28,35)(H,29,36)/t18-,19-,26-/m0/s1. The molecule has 11 heteroatoms. The van der Waals surface area contributed by atoms with Gasteiger partial charge in [0, 0.05) is 31.9 Å². The van der Waals surface area contributed by atoms with Crippen LogP contribution in [0.15, 0.2) is 18.2 Å². The number of rotatable bonds is 6. The van der Waals surface area contributed by atoms with Crippen LogP contribution in [0.25, 0.3) is 0 Å². The minimum atomic E-state index is -1.25. The van der Waals surface area contributed by atoms with E-state index < -0.39 is 41.0 Å². The molecule has 2 heterocycles. The molecule has 0 radical (unpaired) electrons. The Balaban J connectivity index is 1.66. The lowest BCUT2D eigenvalue weighted by Gasteiger charge is -2.29. The van der Waals surface area contributed by atoms with Gasteiger partial charge in [0.05, 0.1) is 5.41 Å². The number of fused-ring (bicyclic) bond motifs is 2. The van der Waals surface area contributed by atoms with Gasteiger partial charge in [-0.25, -0.2) is 4.79 Å². The fraction of sp³-hybridized carbons (Fsp3) is 0.577. The first kappa shape index (κ1) is 26.4. The molecular weight excluding hydrogens is 478 g/mol. The van der Waals surface area contributed by atoms with E-state index in [0.717, 1.165) is 12.8 Å². The molecule has 1 aromatic rings. The number of anilines is 1. The Morgan fingerprint density at radius 2 is 1.92 bits per heavy atom. The largest absolute Gasteiger partial charge is 0.444 e. The van der Waals surface area contributed by atoms with Gasteiger partial charge in [0.25, 0.3) is 5.91 Å². The first-order chi connectivity index (χ1) is 17.2. The van der Waals surface area contributed by atoms with Crippen molar-refractivity contribution in [3.63, 3.8) is 0 Å². The van der Waals surface area contributed by atoms with Gasteiger partial charge >= 0.3 is 6.09 Å². The summed E-state index contributed by atoms with van der Waals surface area (Å²) in [6, 6.07) is 2.94. The molecule has 4 N–H and O–H groups in total. The van der Waals surface area contributed by atoms with Crippen LogP contribution in [0.2, 0.25) is 0 Å². The van der Waals surface area contributed by atoms with Crippen molar-refractivity contribution in [1.29, 1.82) is 0 Å². The van der Waals surface area contributed by atoms with Crippen molar-refractivity contribution in [2.24, 2.45) is 11.7 Å². The number of likely N-dealkylation sites (tertiary alicyclic amines) is 1. The number of hydrogen-bond acceptors (Lipinski definition) is 6. The number of carbonyl (C=O) groups is 5. The van der Waals surface area contributed by atoms with Crippen LogP contribution in [-0.4, -0.2) is 77.8 Å². The van der Waals surface area contributed by atoms with Gasteiger partial charge < -0.3 is 30.9 Å². The molecule has 2 fully saturated rings. The Morgan fingerprint density at radius 3 is 2.49 bits per heavy atom. The van der Waals surface area contributed by atoms with Crippen LogP contribution in [0.1, 0.15) is 62.4 Å². The van der Waals surface area contributed by atoms with Crippen molar-refractivity contribution in [2.75, 3.05) is 26.0 Å². The summed E-state index contributed by atoms with van der Waals surface area (Å²) >= 11 is 0. The number of alkyl carbamates (subject to hydrolysis) is 1. The average Bonchev–Trinajstić information content (AvgIpc) is 3.45. The topological polar surface area (TPSA) is 151 Å². The zero-order valence-corrected chi connectivity index (χ0v) is 21.9. The van der Waals surface area contributed by atoms with Crippen molar-refractivity contribution < 1.29 is 28.7 Å². The van der Waals surface area contributed by atoms with Crippen LogP contribution in [-0.2, 0) is 24.5 Å². The lowest BCUT2D eigenvalue weighted by molar-refractivity contribution is -0.139. The minimum Gasteiger partial charge on any atom is -0.444 e. The first-order valence-electron chi connectivity index (χ1n) is 12.5. The van der Waals surface area contributed by atoms with Crippen molar-refractivity contribution in [3.8, 4) is 0 Å². The molecule has 1 aliphatic carbocycles. The van der Waals surface area contributed by atoms with Crippen molar-refractivity contribution in [1.82, 2.24) is 15.1 Å². The maximum absolute atomic E-state index is 13.8. The summed E-state index contributed by atoms with van der Waals surface area (Å²) in [5.74, 6) is -1.55. The molecule has 1 aromatic carbocycles. The molecule has 11 nitrogen and oxygen atoms in total. The molecule has 200 valence electrons. The minimum absolute atomic E-state index is 0.0187. The smallest absolute Gasteiger partial charge is 0.408 e. The third-order valence-electron chi connectivity index (χ3n) is 7.10. The summed E-state index contributed by atoms with van der Waals surface area (Å²) in [5.41, 5.74) is 5.18. The van der Waals surface area contributed by atoms with Crippen LogP contribution in [0, 0.1) is 5.92 Å². The highest BCUT2D eigenvalue weighted by Crippen LogP contribution is 2.47. The molecular formula is C26H35N5O6. The van der Waals surface area contributed by atoms with E-state index in [1.807, 2.05) is 0 Å². The van der Waals surface area contributed by atoms with E-state index in [0.29, 0.717) is 23.2 Å². The number of amides is 5.